The van der Waals surface area contributed by atoms with Crippen LogP contribution in [0.15, 0.2) is 12.1 Å². The van der Waals surface area contributed by atoms with Gasteiger partial charge in [0.25, 0.3) is 5.91 Å². The van der Waals surface area contributed by atoms with E-state index in [-0.39, 0.29) is 11.2 Å². The number of amides is 1. The van der Waals surface area contributed by atoms with E-state index in [2.05, 4.69) is 5.32 Å². The van der Waals surface area contributed by atoms with E-state index >= 15 is 0 Å². The first-order valence-corrected chi connectivity index (χ1v) is 7.92. The summed E-state index contributed by atoms with van der Waals surface area (Å²) in [4.78, 5) is 12.0. The summed E-state index contributed by atoms with van der Waals surface area (Å²) in [6, 6.07) is 3.62. The summed E-state index contributed by atoms with van der Waals surface area (Å²) >= 11 is 0. The van der Waals surface area contributed by atoms with Crippen LogP contribution in [-0.2, 0) is 10.8 Å². The highest BCUT2D eigenvalue weighted by Gasteiger charge is 2.12. The average Bonchev–Trinajstić information content (AvgIpc) is 2.33. The van der Waals surface area contributed by atoms with Crippen LogP contribution in [0, 0.1) is 13.8 Å². The highest BCUT2D eigenvalue weighted by molar-refractivity contribution is 7.84. The lowest BCUT2D eigenvalue weighted by Gasteiger charge is -2.12. The Morgan fingerprint density at radius 1 is 1.37 bits per heavy atom. The second-order valence-electron chi connectivity index (χ2n) is 4.88. The van der Waals surface area contributed by atoms with Crippen molar-refractivity contribution < 1.29 is 9.00 Å². The summed E-state index contributed by atoms with van der Waals surface area (Å²) in [5, 5.41) is 2.93. The van der Waals surface area contributed by atoms with Gasteiger partial charge in [0, 0.05) is 40.1 Å². The maximum atomic E-state index is 12.0. The van der Waals surface area contributed by atoms with Crippen LogP contribution in [0.5, 0.6) is 0 Å². The monoisotopic (exact) mass is 282 g/mol. The summed E-state index contributed by atoms with van der Waals surface area (Å²) in [7, 11) is -0.852. The van der Waals surface area contributed by atoms with Crippen molar-refractivity contribution in [2.45, 2.75) is 32.4 Å². The predicted molar refractivity (Wildman–Crippen MR) is 80.8 cm³/mol. The summed E-state index contributed by atoms with van der Waals surface area (Å²) in [6.45, 7) is 6.25. The van der Waals surface area contributed by atoms with Crippen LogP contribution in [0.2, 0.25) is 0 Å². The molecule has 0 aliphatic heterocycles. The molecule has 106 valence electrons. The van der Waals surface area contributed by atoms with Gasteiger partial charge in [-0.3, -0.25) is 9.00 Å². The Balaban J connectivity index is 2.64. The molecule has 0 saturated heterocycles. The number of hydrogen-bond acceptors (Lipinski definition) is 3. The summed E-state index contributed by atoms with van der Waals surface area (Å²) in [6.07, 6.45) is 2.38. The van der Waals surface area contributed by atoms with E-state index in [1.165, 1.54) is 0 Å². The van der Waals surface area contributed by atoms with Gasteiger partial charge in [-0.1, -0.05) is 13.0 Å². The smallest absolute Gasteiger partial charge is 0.251 e. The molecule has 0 aromatic heterocycles. The SMILES string of the molecule is Cc1cc(C)c(C(=O)NCCC(C)S(C)=O)cc1N. The van der Waals surface area contributed by atoms with E-state index in [9.17, 15) is 9.00 Å². The fourth-order valence-corrected chi connectivity index (χ4v) is 2.21. The molecule has 0 spiro atoms. The summed E-state index contributed by atoms with van der Waals surface area (Å²) in [5.74, 6) is -0.127. The summed E-state index contributed by atoms with van der Waals surface area (Å²) < 4.78 is 11.2. The molecule has 0 aliphatic rings. The third-order valence-corrected chi connectivity index (χ3v) is 4.63. The maximum absolute atomic E-state index is 12.0. The van der Waals surface area contributed by atoms with Crippen molar-refractivity contribution in [3.63, 3.8) is 0 Å². The van der Waals surface area contributed by atoms with Crippen molar-refractivity contribution in [2.75, 3.05) is 18.5 Å². The van der Waals surface area contributed by atoms with Crippen LogP contribution in [0.1, 0.15) is 34.8 Å². The first-order valence-electron chi connectivity index (χ1n) is 6.30. The molecular formula is C14H22N2O2S. The number of carbonyl (C=O) groups excluding carboxylic acids is 1. The topological polar surface area (TPSA) is 72.2 Å². The lowest BCUT2D eigenvalue weighted by atomic mass is 10.0. The van der Waals surface area contributed by atoms with E-state index in [1.807, 2.05) is 26.8 Å². The third kappa shape index (κ3) is 4.35. The molecule has 0 heterocycles. The lowest BCUT2D eigenvalue weighted by molar-refractivity contribution is 0.0952. The fourth-order valence-electron chi connectivity index (χ4n) is 1.76. The molecule has 2 unspecified atom stereocenters. The molecule has 0 aliphatic carbocycles. The number of hydrogen-bond donors (Lipinski definition) is 2. The third-order valence-electron chi connectivity index (χ3n) is 3.26. The number of nitrogens with two attached hydrogens (primary N) is 1. The number of nitrogens with one attached hydrogen (secondary N) is 1. The van der Waals surface area contributed by atoms with Crippen molar-refractivity contribution in [3.8, 4) is 0 Å². The zero-order valence-corrected chi connectivity index (χ0v) is 12.8. The van der Waals surface area contributed by atoms with E-state index < -0.39 is 10.8 Å². The van der Waals surface area contributed by atoms with Gasteiger partial charge in [-0.05, 0) is 37.5 Å². The second-order valence-corrected chi connectivity index (χ2v) is 6.68. The first kappa shape index (κ1) is 15.7. The summed E-state index contributed by atoms with van der Waals surface area (Å²) in [5.41, 5.74) is 8.94. The Labute approximate surface area is 117 Å². The van der Waals surface area contributed by atoms with E-state index in [4.69, 9.17) is 5.73 Å². The van der Waals surface area contributed by atoms with Gasteiger partial charge in [-0.15, -0.1) is 0 Å². The minimum absolute atomic E-state index is 0.0875. The Kier molecular flexibility index (Phi) is 5.54. The quantitative estimate of drug-likeness (QED) is 0.809. The zero-order valence-electron chi connectivity index (χ0n) is 11.9. The molecule has 1 amide bonds. The molecule has 0 bridgehead atoms. The van der Waals surface area contributed by atoms with Crippen LogP contribution in [0.4, 0.5) is 5.69 Å². The van der Waals surface area contributed by atoms with Gasteiger partial charge in [0.15, 0.2) is 0 Å². The Hall–Kier alpha value is -1.36. The Morgan fingerprint density at radius 2 is 2.00 bits per heavy atom. The van der Waals surface area contributed by atoms with Gasteiger partial charge in [-0.25, -0.2) is 0 Å². The molecule has 1 aromatic rings. The van der Waals surface area contributed by atoms with Crippen LogP contribution < -0.4 is 11.1 Å². The van der Waals surface area contributed by atoms with Gasteiger partial charge in [0.2, 0.25) is 0 Å². The van der Waals surface area contributed by atoms with Crippen LogP contribution >= 0.6 is 0 Å². The van der Waals surface area contributed by atoms with E-state index in [1.54, 1.807) is 12.3 Å². The molecule has 0 radical (unpaired) electrons. The molecular weight excluding hydrogens is 260 g/mol. The molecule has 2 atom stereocenters. The second kappa shape index (κ2) is 6.70. The largest absolute Gasteiger partial charge is 0.398 e. The molecule has 0 fully saturated rings. The Morgan fingerprint density at radius 3 is 2.58 bits per heavy atom. The van der Waals surface area contributed by atoms with Gasteiger partial charge in [0.1, 0.15) is 0 Å². The van der Waals surface area contributed by atoms with E-state index in [0.717, 1.165) is 11.1 Å². The van der Waals surface area contributed by atoms with Crippen molar-refractivity contribution >= 4 is 22.4 Å². The van der Waals surface area contributed by atoms with Crippen molar-refractivity contribution in [1.82, 2.24) is 5.32 Å². The Bertz CT molecular complexity index is 500. The number of carbonyl (C=O) groups is 1. The molecule has 4 nitrogen and oxygen atoms in total. The number of benzene rings is 1. The number of rotatable bonds is 5. The molecule has 5 heteroatoms. The molecule has 3 N–H and O–H groups in total. The molecule has 19 heavy (non-hydrogen) atoms. The van der Waals surface area contributed by atoms with Crippen molar-refractivity contribution in [3.05, 3.63) is 28.8 Å². The van der Waals surface area contributed by atoms with Crippen molar-refractivity contribution in [2.24, 2.45) is 0 Å². The number of nitrogen functional groups attached to an aromatic ring is 1. The van der Waals surface area contributed by atoms with Crippen LogP contribution in [-0.4, -0.2) is 28.2 Å². The van der Waals surface area contributed by atoms with Gasteiger partial charge in [-0.2, -0.15) is 0 Å². The minimum atomic E-state index is -0.852. The van der Waals surface area contributed by atoms with Gasteiger partial charge in [0.05, 0.1) is 0 Å². The molecule has 1 rings (SSSR count). The minimum Gasteiger partial charge on any atom is -0.398 e. The van der Waals surface area contributed by atoms with Gasteiger partial charge < -0.3 is 11.1 Å². The first-order chi connectivity index (χ1) is 8.82. The average molecular weight is 282 g/mol. The molecule has 1 aromatic carbocycles. The highest BCUT2D eigenvalue weighted by Crippen LogP contribution is 2.17. The maximum Gasteiger partial charge on any atom is 0.251 e. The van der Waals surface area contributed by atoms with Crippen molar-refractivity contribution in [1.29, 1.82) is 0 Å². The predicted octanol–water partition coefficient (Wildman–Crippen LogP) is 1.77. The number of anilines is 1. The van der Waals surface area contributed by atoms with Gasteiger partial charge >= 0.3 is 0 Å². The zero-order chi connectivity index (χ0) is 14.6. The van der Waals surface area contributed by atoms with E-state index in [0.29, 0.717) is 24.2 Å². The normalized spacial score (nSPS) is 13.9. The fraction of sp³-hybridized carbons (Fsp3) is 0.500. The highest BCUT2D eigenvalue weighted by atomic mass is 32.2. The van der Waals surface area contributed by atoms with Crippen LogP contribution in [0.3, 0.4) is 0 Å². The van der Waals surface area contributed by atoms with Crippen LogP contribution in [0.25, 0.3) is 0 Å². The number of aryl methyl sites for hydroxylation is 2. The lowest BCUT2D eigenvalue weighted by Crippen LogP contribution is -2.28. The molecule has 0 saturated carbocycles. The standard InChI is InChI=1S/C14H22N2O2S/c1-9-7-10(2)13(15)8-12(9)14(17)16-6-5-11(3)19(4)18/h7-8,11H,5-6,15H2,1-4H3,(H,16,17).